The van der Waals surface area contributed by atoms with Gasteiger partial charge in [-0.1, -0.05) is 41.9 Å². The van der Waals surface area contributed by atoms with Gasteiger partial charge in [-0.25, -0.2) is 0 Å². The number of aromatic amines is 1. The molecule has 1 aromatic heterocycles. The molecule has 1 amide bonds. The third-order valence-corrected chi connectivity index (χ3v) is 3.89. The first kappa shape index (κ1) is 14.6. The molecule has 0 saturated carbocycles. The number of hydrogen-bond donors (Lipinski definition) is 3. The van der Waals surface area contributed by atoms with E-state index in [9.17, 15) is 4.79 Å². The van der Waals surface area contributed by atoms with Crippen LogP contribution in [0.1, 0.15) is 18.0 Å². The number of para-hydroxylation sites is 1. The fourth-order valence-corrected chi connectivity index (χ4v) is 2.93. The molecule has 1 heterocycles. The molecule has 2 aromatic carbocycles. The number of benzene rings is 2. The zero-order valence-electron chi connectivity index (χ0n) is 11.8. The van der Waals surface area contributed by atoms with Crippen LogP contribution in [0.2, 0.25) is 5.02 Å². The van der Waals surface area contributed by atoms with Crippen LogP contribution in [-0.4, -0.2) is 10.9 Å². The first-order chi connectivity index (χ1) is 10.6. The number of carbonyl (C=O) groups excluding carboxylic acids is 1. The average Bonchev–Trinajstić information content (AvgIpc) is 2.86. The Morgan fingerprint density at radius 2 is 1.95 bits per heavy atom. The number of H-pyrrole nitrogens is 1. The van der Waals surface area contributed by atoms with Gasteiger partial charge in [0.1, 0.15) is 0 Å². The molecule has 0 aliphatic heterocycles. The van der Waals surface area contributed by atoms with Crippen molar-refractivity contribution >= 4 is 28.4 Å². The second-order valence-corrected chi connectivity index (χ2v) is 5.68. The molecule has 0 fully saturated rings. The van der Waals surface area contributed by atoms with Gasteiger partial charge in [0.25, 0.3) is 0 Å². The SMILES string of the molecule is NC(=O)CC(N)c1c(-c2cccc(Cl)c2)[nH]c2ccccc12. The number of halogens is 1. The molecule has 3 aromatic rings. The lowest BCUT2D eigenvalue weighted by Crippen LogP contribution is -2.21. The van der Waals surface area contributed by atoms with Crippen LogP contribution in [0.15, 0.2) is 48.5 Å². The highest BCUT2D eigenvalue weighted by Crippen LogP contribution is 2.35. The Hall–Kier alpha value is -2.30. The van der Waals surface area contributed by atoms with Crippen molar-refractivity contribution in [1.82, 2.24) is 4.98 Å². The van der Waals surface area contributed by atoms with Crippen molar-refractivity contribution in [1.29, 1.82) is 0 Å². The Morgan fingerprint density at radius 3 is 2.68 bits per heavy atom. The summed E-state index contributed by atoms with van der Waals surface area (Å²) in [5.41, 5.74) is 15.2. The molecule has 0 spiro atoms. The second kappa shape index (κ2) is 5.83. The van der Waals surface area contributed by atoms with Gasteiger partial charge in [-0.3, -0.25) is 4.79 Å². The summed E-state index contributed by atoms with van der Waals surface area (Å²) in [7, 11) is 0. The topological polar surface area (TPSA) is 84.9 Å². The van der Waals surface area contributed by atoms with Gasteiger partial charge in [0.15, 0.2) is 0 Å². The largest absolute Gasteiger partial charge is 0.370 e. The Kier molecular flexibility index (Phi) is 3.88. The molecule has 0 aliphatic rings. The van der Waals surface area contributed by atoms with Crippen LogP contribution in [0, 0.1) is 0 Å². The number of fused-ring (bicyclic) bond motifs is 1. The van der Waals surface area contributed by atoms with Gasteiger partial charge in [0.2, 0.25) is 5.91 Å². The van der Waals surface area contributed by atoms with Crippen LogP contribution in [0.5, 0.6) is 0 Å². The van der Waals surface area contributed by atoms with E-state index in [-0.39, 0.29) is 6.42 Å². The molecule has 1 unspecified atom stereocenters. The number of aromatic nitrogens is 1. The number of carbonyl (C=O) groups is 1. The maximum Gasteiger partial charge on any atom is 0.219 e. The molecule has 0 radical (unpaired) electrons. The van der Waals surface area contributed by atoms with E-state index in [0.717, 1.165) is 27.7 Å². The van der Waals surface area contributed by atoms with Gasteiger partial charge < -0.3 is 16.5 Å². The summed E-state index contributed by atoms with van der Waals surface area (Å²) in [6, 6.07) is 14.9. The van der Waals surface area contributed by atoms with Crippen molar-refractivity contribution in [3.8, 4) is 11.3 Å². The zero-order chi connectivity index (χ0) is 15.7. The second-order valence-electron chi connectivity index (χ2n) is 5.25. The number of rotatable bonds is 4. The van der Waals surface area contributed by atoms with Crippen LogP contribution in [0.4, 0.5) is 0 Å². The number of primary amides is 1. The van der Waals surface area contributed by atoms with Crippen LogP contribution in [-0.2, 0) is 4.79 Å². The summed E-state index contributed by atoms with van der Waals surface area (Å²) in [5, 5.41) is 1.64. The predicted molar refractivity (Wildman–Crippen MR) is 89.5 cm³/mol. The van der Waals surface area contributed by atoms with Gasteiger partial charge in [0.05, 0.1) is 5.69 Å². The molecular formula is C17H16ClN3O. The normalized spacial score (nSPS) is 12.5. The van der Waals surface area contributed by atoms with Crippen molar-refractivity contribution < 1.29 is 4.79 Å². The van der Waals surface area contributed by atoms with E-state index in [1.807, 2.05) is 48.5 Å². The van der Waals surface area contributed by atoms with E-state index in [1.165, 1.54) is 0 Å². The Balaban J connectivity index is 2.22. The Morgan fingerprint density at radius 1 is 1.18 bits per heavy atom. The Bertz CT molecular complexity index is 841. The molecule has 4 nitrogen and oxygen atoms in total. The quantitative estimate of drug-likeness (QED) is 0.690. The van der Waals surface area contributed by atoms with E-state index in [2.05, 4.69) is 4.98 Å². The van der Waals surface area contributed by atoms with Crippen LogP contribution >= 0.6 is 11.6 Å². The highest BCUT2D eigenvalue weighted by atomic mass is 35.5. The molecule has 0 bridgehead atoms. The smallest absolute Gasteiger partial charge is 0.219 e. The number of nitrogens with one attached hydrogen (secondary N) is 1. The summed E-state index contributed by atoms with van der Waals surface area (Å²) < 4.78 is 0. The maximum atomic E-state index is 11.3. The van der Waals surface area contributed by atoms with Crippen molar-refractivity contribution in [3.05, 3.63) is 59.1 Å². The molecular weight excluding hydrogens is 298 g/mol. The summed E-state index contributed by atoms with van der Waals surface area (Å²) in [4.78, 5) is 14.6. The highest BCUT2D eigenvalue weighted by Gasteiger charge is 2.20. The number of amides is 1. The monoisotopic (exact) mass is 313 g/mol. The fraction of sp³-hybridized carbons (Fsp3) is 0.118. The molecule has 0 saturated heterocycles. The molecule has 5 heteroatoms. The van der Waals surface area contributed by atoms with Gasteiger partial charge in [-0.05, 0) is 23.8 Å². The summed E-state index contributed by atoms with van der Waals surface area (Å²) >= 11 is 6.09. The highest BCUT2D eigenvalue weighted by molar-refractivity contribution is 6.30. The van der Waals surface area contributed by atoms with Gasteiger partial charge in [0, 0.05) is 34.0 Å². The first-order valence-electron chi connectivity index (χ1n) is 6.96. The van der Waals surface area contributed by atoms with Crippen LogP contribution < -0.4 is 11.5 Å². The lowest BCUT2D eigenvalue weighted by Gasteiger charge is -2.12. The standard InChI is InChI=1S/C17H16ClN3O/c18-11-5-3-4-10(8-11)17-16(13(19)9-15(20)22)12-6-1-2-7-14(12)21-17/h1-8,13,21H,9,19H2,(H2,20,22). The molecule has 22 heavy (non-hydrogen) atoms. The van der Waals surface area contributed by atoms with E-state index in [1.54, 1.807) is 0 Å². The molecule has 5 N–H and O–H groups in total. The molecule has 1 atom stereocenters. The van der Waals surface area contributed by atoms with E-state index < -0.39 is 11.9 Å². The lowest BCUT2D eigenvalue weighted by atomic mass is 9.97. The predicted octanol–water partition coefficient (Wildman–Crippen LogP) is 3.36. The first-order valence-corrected chi connectivity index (χ1v) is 7.34. The van der Waals surface area contributed by atoms with Crippen LogP contribution in [0.25, 0.3) is 22.2 Å². The van der Waals surface area contributed by atoms with Crippen LogP contribution in [0.3, 0.4) is 0 Å². The average molecular weight is 314 g/mol. The minimum atomic E-state index is -0.470. The molecule has 0 aliphatic carbocycles. The maximum absolute atomic E-state index is 11.3. The third kappa shape index (κ3) is 2.71. The lowest BCUT2D eigenvalue weighted by molar-refractivity contribution is -0.118. The van der Waals surface area contributed by atoms with Crippen molar-refractivity contribution in [3.63, 3.8) is 0 Å². The van der Waals surface area contributed by atoms with Gasteiger partial charge in [-0.15, -0.1) is 0 Å². The van der Waals surface area contributed by atoms with Gasteiger partial charge >= 0.3 is 0 Å². The minimum Gasteiger partial charge on any atom is -0.370 e. The van der Waals surface area contributed by atoms with Gasteiger partial charge in [-0.2, -0.15) is 0 Å². The third-order valence-electron chi connectivity index (χ3n) is 3.65. The Labute approximate surface area is 133 Å². The van der Waals surface area contributed by atoms with E-state index in [0.29, 0.717) is 5.02 Å². The zero-order valence-corrected chi connectivity index (χ0v) is 12.6. The summed E-state index contributed by atoms with van der Waals surface area (Å²) in [6.45, 7) is 0. The van der Waals surface area contributed by atoms with Crippen molar-refractivity contribution in [2.75, 3.05) is 0 Å². The fourth-order valence-electron chi connectivity index (χ4n) is 2.74. The number of hydrogen-bond acceptors (Lipinski definition) is 2. The number of nitrogens with two attached hydrogens (primary N) is 2. The van der Waals surface area contributed by atoms with Crippen molar-refractivity contribution in [2.24, 2.45) is 11.5 Å². The molecule has 112 valence electrons. The summed E-state index contributed by atoms with van der Waals surface area (Å²) in [5.74, 6) is -0.421. The van der Waals surface area contributed by atoms with E-state index >= 15 is 0 Å². The van der Waals surface area contributed by atoms with E-state index in [4.69, 9.17) is 23.1 Å². The molecule has 3 rings (SSSR count). The summed E-state index contributed by atoms with van der Waals surface area (Å²) in [6.07, 6.45) is 0.0927. The minimum absolute atomic E-state index is 0.0927. The van der Waals surface area contributed by atoms with Crippen molar-refractivity contribution in [2.45, 2.75) is 12.5 Å².